The number of amides is 1. The Hall–Kier alpha value is -1.36. The van der Waals surface area contributed by atoms with Crippen LogP contribution in [0.4, 0.5) is 0 Å². The average Bonchev–Trinajstić information content (AvgIpc) is 2.72. The molecule has 1 rings (SSSR count). The van der Waals surface area contributed by atoms with Crippen LogP contribution in [0.25, 0.3) is 0 Å². The molecule has 0 aliphatic carbocycles. The van der Waals surface area contributed by atoms with Gasteiger partial charge in [0, 0.05) is 19.3 Å². The van der Waals surface area contributed by atoms with Crippen LogP contribution in [-0.2, 0) is 11.3 Å². The van der Waals surface area contributed by atoms with E-state index in [1.165, 1.54) is 0 Å². The fourth-order valence-electron chi connectivity index (χ4n) is 1.36. The summed E-state index contributed by atoms with van der Waals surface area (Å²) < 4.78 is 1.80. The molecular weight excluding hydrogens is 192 g/mol. The van der Waals surface area contributed by atoms with Crippen LogP contribution < -0.4 is 11.1 Å². The molecule has 1 aromatic heterocycles. The predicted molar refractivity (Wildman–Crippen MR) is 58.1 cm³/mol. The molecule has 0 bridgehead atoms. The SMILES string of the molecule is CCCNC(=O)C(C)n1cncc1CN. The summed E-state index contributed by atoms with van der Waals surface area (Å²) in [6.07, 6.45) is 4.26. The maximum Gasteiger partial charge on any atom is 0.242 e. The Morgan fingerprint density at radius 3 is 3.07 bits per heavy atom. The summed E-state index contributed by atoms with van der Waals surface area (Å²) >= 11 is 0. The lowest BCUT2D eigenvalue weighted by molar-refractivity contribution is -0.123. The number of carbonyl (C=O) groups is 1. The third kappa shape index (κ3) is 2.79. The monoisotopic (exact) mass is 210 g/mol. The highest BCUT2D eigenvalue weighted by molar-refractivity contribution is 5.79. The van der Waals surface area contributed by atoms with Crippen molar-refractivity contribution < 1.29 is 4.79 Å². The minimum Gasteiger partial charge on any atom is -0.354 e. The second kappa shape index (κ2) is 5.50. The highest BCUT2D eigenvalue weighted by Crippen LogP contribution is 2.09. The van der Waals surface area contributed by atoms with Crippen LogP contribution in [0.1, 0.15) is 32.0 Å². The Morgan fingerprint density at radius 1 is 1.73 bits per heavy atom. The molecule has 0 aliphatic rings. The lowest BCUT2D eigenvalue weighted by Gasteiger charge is -2.15. The van der Waals surface area contributed by atoms with Gasteiger partial charge < -0.3 is 15.6 Å². The number of hydrogen-bond donors (Lipinski definition) is 2. The number of nitrogens with one attached hydrogen (secondary N) is 1. The van der Waals surface area contributed by atoms with E-state index in [1.807, 2.05) is 13.8 Å². The number of nitrogens with two attached hydrogens (primary N) is 1. The van der Waals surface area contributed by atoms with E-state index in [4.69, 9.17) is 5.73 Å². The summed E-state index contributed by atoms with van der Waals surface area (Å²) in [5.41, 5.74) is 6.41. The molecule has 0 aliphatic heterocycles. The van der Waals surface area contributed by atoms with Gasteiger partial charge in [-0.05, 0) is 13.3 Å². The summed E-state index contributed by atoms with van der Waals surface area (Å²) in [4.78, 5) is 15.6. The first-order valence-electron chi connectivity index (χ1n) is 5.19. The van der Waals surface area contributed by atoms with Crippen molar-refractivity contribution in [1.82, 2.24) is 14.9 Å². The van der Waals surface area contributed by atoms with Crippen molar-refractivity contribution in [2.45, 2.75) is 32.9 Å². The summed E-state index contributed by atoms with van der Waals surface area (Å²) in [6.45, 7) is 4.96. The Morgan fingerprint density at radius 2 is 2.47 bits per heavy atom. The van der Waals surface area contributed by atoms with E-state index < -0.39 is 0 Å². The molecule has 5 heteroatoms. The normalized spacial score (nSPS) is 12.5. The minimum atomic E-state index is -0.252. The smallest absolute Gasteiger partial charge is 0.242 e. The molecule has 5 nitrogen and oxygen atoms in total. The van der Waals surface area contributed by atoms with E-state index >= 15 is 0 Å². The molecule has 1 heterocycles. The second-order valence-electron chi connectivity index (χ2n) is 3.46. The number of hydrogen-bond acceptors (Lipinski definition) is 3. The van der Waals surface area contributed by atoms with Crippen LogP contribution in [0.5, 0.6) is 0 Å². The van der Waals surface area contributed by atoms with Crippen LogP contribution in [-0.4, -0.2) is 22.0 Å². The Labute approximate surface area is 89.7 Å². The zero-order chi connectivity index (χ0) is 11.3. The van der Waals surface area contributed by atoms with E-state index in [0.717, 1.165) is 12.1 Å². The Bertz CT molecular complexity index is 321. The molecule has 1 unspecified atom stereocenters. The average molecular weight is 210 g/mol. The minimum absolute atomic E-state index is 0.00421. The van der Waals surface area contributed by atoms with E-state index in [2.05, 4.69) is 10.3 Å². The van der Waals surface area contributed by atoms with Crippen molar-refractivity contribution in [3.8, 4) is 0 Å². The van der Waals surface area contributed by atoms with Gasteiger partial charge in [-0.2, -0.15) is 0 Å². The molecule has 0 fully saturated rings. The van der Waals surface area contributed by atoms with Gasteiger partial charge in [0.15, 0.2) is 0 Å². The molecule has 1 atom stereocenters. The van der Waals surface area contributed by atoms with Crippen molar-refractivity contribution in [2.75, 3.05) is 6.54 Å². The number of imidazole rings is 1. The summed E-state index contributed by atoms with van der Waals surface area (Å²) in [6, 6.07) is -0.252. The molecule has 0 saturated carbocycles. The fraction of sp³-hybridized carbons (Fsp3) is 0.600. The second-order valence-corrected chi connectivity index (χ2v) is 3.46. The molecule has 15 heavy (non-hydrogen) atoms. The van der Waals surface area contributed by atoms with Crippen LogP contribution in [0.15, 0.2) is 12.5 Å². The molecule has 0 saturated heterocycles. The standard InChI is InChI=1S/C10H18N4O/c1-3-4-13-10(15)8(2)14-7-12-6-9(14)5-11/h6-8H,3-5,11H2,1-2H3,(H,13,15). The van der Waals surface area contributed by atoms with Crippen molar-refractivity contribution in [2.24, 2.45) is 5.73 Å². The van der Waals surface area contributed by atoms with Gasteiger partial charge in [-0.25, -0.2) is 4.98 Å². The van der Waals surface area contributed by atoms with Gasteiger partial charge in [-0.1, -0.05) is 6.92 Å². The topological polar surface area (TPSA) is 72.9 Å². The first kappa shape index (κ1) is 11.7. The molecule has 0 spiro atoms. The number of nitrogens with zero attached hydrogens (tertiary/aromatic N) is 2. The van der Waals surface area contributed by atoms with E-state index in [9.17, 15) is 4.79 Å². The number of aromatic nitrogens is 2. The van der Waals surface area contributed by atoms with Crippen LogP contribution in [0.3, 0.4) is 0 Å². The van der Waals surface area contributed by atoms with Crippen LogP contribution in [0.2, 0.25) is 0 Å². The van der Waals surface area contributed by atoms with Gasteiger partial charge in [-0.3, -0.25) is 4.79 Å². The lowest BCUT2D eigenvalue weighted by Crippen LogP contribution is -2.32. The van der Waals surface area contributed by atoms with Gasteiger partial charge in [0.05, 0.1) is 12.0 Å². The maximum absolute atomic E-state index is 11.7. The highest BCUT2D eigenvalue weighted by Gasteiger charge is 2.15. The highest BCUT2D eigenvalue weighted by atomic mass is 16.2. The van der Waals surface area contributed by atoms with Gasteiger partial charge >= 0.3 is 0 Å². The molecule has 0 aromatic carbocycles. The first-order valence-corrected chi connectivity index (χ1v) is 5.19. The van der Waals surface area contributed by atoms with Gasteiger partial charge in [0.25, 0.3) is 0 Å². The van der Waals surface area contributed by atoms with Crippen LogP contribution >= 0.6 is 0 Å². The zero-order valence-electron chi connectivity index (χ0n) is 9.23. The quantitative estimate of drug-likeness (QED) is 0.740. The third-order valence-electron chi connectivity index (χ3n) is 2.30. The summed E-state index contributed by atoms with van der Waals surface area (Å²) in [7, 11) is 0. The van der Waals surface area contributed by atoms with Gasteiger partial charge in [0.1, 0.15) is 6.04 Å². The predicted octanol–water partition coefficient (Wildman–Crippen LogP) is 0.429. The molecule has 0 radical (unpaired) electrons. The lowest BCUT2D eigenvalue weighted by atomic mass is 10.3. The Balaban J connectivity index is 2.67. The van der Waals surface area contributed by atoms with Crippen molar-refractivity contribution in [3.05, 3.63) is 18.2 Å². The number of rotatable bonds is 5. The summed E-state index contributed by atoms with van der Waals surface area (Å²) in [5.74, 6) is 0.00421. The largest absolute Gasteiger partial charge is 0.354 e. The third-order valence-corrected chi connectivity index (χ3v) is 2.30. The van der Waals surface area contributed by atoms with Gasteiger partial charge in [0.2, 0.25) is 5.91 Å². The zero-order valence-corrected chi connectivity index (χ0v) is 9.23. The van der Waals surface area contributed by atoms with Gasteiger partial charge in [-0.15, -0.1) is 0 Å². The Kier molecular flexibility index (Phi) is 4.30. The molecule has 3 N–H and O–H groups in total. The van der Waals surface area contributed by atoms with Crippen LogP contribution in [0, 0.1) is 0 Å². The fourth-order valence-corrected chi connectivity index (χ4v) is 1.36. The first-order chi connectivity index (χ1) is 7.20. The molecular formula is C10H18N4O. The van der Waals surface area contributed by atoms with E-state index in [0.29, 0.717) is 13.1 Å². The van der Waals surface area contributed by atoms with Crippen molar-refractivity contribution in [3.63, 3.8) is 0 Å². The molecule has 84 valence electrons. The van der Waals surface area contributed by atoms with Crippen molar-refractivity contribution in [1.29, 1.82) is 0 Å². The summed E-state index contributed by atoms with van der Waals surface area (Å²) in [5, 5.41) is 2.84. The number of carbonyl (C=O) groups excluding carboxylic acids is 1. The maximum atomic E-state index is 11.7. The van der Waals surface area contributed by atoms with Crippen molar-refractivity contribution >= 4 is 5.91 Å². The van der Waals surface area contributed by atoms with E-state index in [-0.39, 0.29) is 11.9 Å². The molecule has 1 aromatic rings. The van der Waals surface area contributed by atoms with E-state index in [1.54, 1.807) is 17.1 Å². The molecule has 1 amide bonds.